The topological polar surface area (TPSA) is 87.7 Å². The molecule has 1 unspecified atom stereocenters. The van der Waals surface area contributed by atoms with Crippen molar-refractivity contribution in [2.75, 3.05) is 13.2 Å². The normalized spacial score (nSPS) is 20.0. The molecule has 0 saturated carbocycles. The number of carboxylic acid groups (broad SMARTS) is 1. The molecule has 0 aromatic carbocycles. The number of carbonyl (C=O) groups excluding carboxylic acids is 1. The molecule has 3 N–H and O–H groups in total. The molecule has 1 aliphatic rings. The highest BCUT2D eigenvalue weighted by Crippen LogP contribution is 2.15. The third kappa shape index (κ3) is 3.33. The van der Waals surface area contributed by atoms with Crippen LogP contribution < -0.4 is 10.6 Å². The van der Waals surface area contributed by atoms with Crippen molar-refractivity contribution in [2.45, 2.75) is 44.7 Å². The SMILES string of the molecule is CCC(CC)(NC(=O)NC1CCOC1)C(=O)O. The van der Waals surface area contributed by atoms with E-state index in [-0.39, 0.29) is 6.04 Å². The van der Waals surface area contributed by atoms with Crippen LogP contribution in [0.5, 0.6) is 0 Å². The molecule has 98 valence electrons. The van der Waals surface area contributed by atoms with E-state index in [1.54, 1.807) is 13.8 Å². The number of carboxylic acids is 1. The lowest BCUT2D eigenvalue weighted by atomic mass is 9.93. The van der Waals surface area contributed by atoms with Gasteiger partial charge >= 0.3 is 12.0 Å². The van der Waals surface area contributed by atoms with Crippen LogP contribution in [0.4, 0.5) is 4.79 Å². The lowest BCUT2D eigenvalue weighted by molar-refractivity contribution is -0.144. The molecule has 0 aliphatic carbocycles. The number of urea groups is 1. The molecule has 0 radical (unpaired) electrons. The minimum atomic E-state index is -1.18. The van der Waals surface area contributed by atoms with Gasteiger partial charge in [-0.3, -0.25) is 0 Å². The summed E-state index contributed by atoms with van der Waals surface area (Å²) in [5.41, 5.74) is -1.18. The summed E-state index contributed by atoms with van der Waals surface area (Å²) >= 11 is 0. The summed E-state index contributed by atoms with van der Waals surface area (Å²) in [6, 6.07) is -0.457. The molecule has 1 atom stereocenters. The van der Waals surface area contributed by atoms with Gasteiger partial charge in [-0.25, -0.2) is 9.59 Å². The Morgan fingerprint density at radius 3 is 2.47 bits per heavy atom. The number of aliphatic carboxylic acids is 1. The highest BCUT2D eigenvalue weighted by molar-refractivity contribution is 5.86. The monoisotopic (exact) mass is 244 g/mol. The Labute approximate surface area is 101 Å². The van der Waals surface area contributed by atoms with Gasteiger partial charge in [0.15, 0.2) is 0 Å². The molecule has 6 heteroatoms. The molecule has 0 aromatic rings. The van der Waals surface area contributed by atoms with Crippen LogP contribution in [0, 0.1) is 0 Å². The number of amides is 2. The van der Waals surface area contributed by atoms with Gasteiger partial charge in [0.2, 0.25) is 0 Å². The number of hydrogen-bond donors (Lipinski definition) is 3. The Balaban J connectivity index is 2.54. The summed E-state index contributed by atoms with van der Waals surface area (Å²) in [6.07, 6.45) is 1.48. The Bertz CT molecular complexity index is 283. The van der Waals surface area contributed by atoms with E-state index in [1.165, 1.54) is 0 Å². The summed E-state index contributed by atoms with van der Waals surface area (Å²) in [5.74, 6) is -1.000. The fourth-order valence-corrected chi connectivity index (χ4v) is 1.87. The van der Waals surface area contributed by atoms with Crippen molar-refractivity contribution in [1.82, 2.24) is 10.6 Å². The molecule has 1 heterocycles. The van der Waals surface area contributed by atoms with Crippen molar-refractivity contribution in [3.8, 4) is 0 Å². The van der Waals surface area contributed by atoms with Gasteiger partial charge < -0.3 is 20.5 Å². The van der Waals surface area contributed by atoms with E-state index in [9.17, 15) is 9.59 Å². The highest BCUT2D eigenvalue weighted by atomic mass is 16.5. The molecule has 1 fully saturated rings. The van der Waals surface area contributed by atoms with Crippen molar-refractivity contribution in [3.05, 3.63) is 0 Å². The Morgan fingerprint density at radius 2 is 2.06 bits per heavy atom. The van der Waals surface area contributed by atoms with Crippen molar-refractivity contribution in [1.29, 1.82) is 0 Å². The molecule has 2 amide bonds. The molecule has 0 bridgehead atoms. The molecule has 17 heavy (non-hydrogen) atoms. The summed E-state index contributed by atoms with van der Waals surface area (Å²) in [6.45, 7) is 4.62. The predicted octanol–water partition coefficient (Wildman–Crippen LogP) is 0.718. The number of hydrogen-bond acceptors (Lipinski definition) is 3. The molecule has 1 rings (SSSR count). The molecule has 0 spiro atoms. The Kier molecular flexibility index (Phi) is 4.74. The van der Waals surface area contributed by atoms with Crippen molar-refractivity contribution in [2.24, 2.45) is 0 Å². The van der Waals surface area contributed by atoms with E-state index in [0.29, 0.717) is 26.1 Å². The largest absolute Gasteiger partial charge is 0.480 e. The van der Waals surface area contributed by atoms with E-state index in [1.807, 2.05) is 0 Å². The van der Waals surface area contributed by atoms with Crippen molar-refractivity contribution < 1.29 is 19.4 Å². The average Bonchev–Trinajstić information content (AvgIpc) is 2.78. The first-order valence-electron chi connectivity index (χ1n) is 5.94. The summed E-state index contributed by atoms with van der Waals surface area (Å²) < 4.78 is 5.13. The zero-order valence-corrected chi connectivity index (χ0v) is 10.3. The van der Waals surface area contributed by atoms with Crippen LogP contribution in [-0.4, -0.2) is 41.9 Å². The van der Waals surface area contributed by atoms with E-state index >= 15 is 0 Å². The second kappa shape index (κ2) is 5.86. The zero-order chi connectivity index (χ0) is 12.9. The number of carbonyl (C=O) groups is 2. The Hall–Kier alpha value is -1.30. The summed E-state index contributed by atoms with van der Waals surface area (Å²) in [5, 5.41) is 14.4. The van der Waals surface area contributed by atoms with Crippen LogP contribution >= 0.6 is 0 Å². The molecule has 0 aromatic heterocycles. The van der Waals surface area contributed by atoms with Crippen molar-refractivity contribution >= 4 is 12.0 Å². The van der Waals surface area contributed by atoms with E-state index in [2.05, 4.69) is 10.6 Å². The fraction of sp³-hybridized carbons (Fsp3) is 0.818. The maximum absolute atomic E-state index is 11.7. The smallest absolute Gasteiger partial charge is 0.329 e. The molecular formula is C11H20N2O4. The fourth-order valence-electron chi connectivity index (χ4n) is 1.87. The minimum absolute atomic E-state index is 0.0183. The summed E-state index contributed by atoms with van der Waals surface area (Å²) in [7, 11) is 0. The van der Waals surface area contributed by atoms with E-state index in [4.69, 9.17) is 9.84 Å². The second-order valence-electron chi connectivity index (χ2n) is 4.25. The number of ether oxygens (including phenoxy) is 1. The number of nitrogens with one attached hydrogen (secondary N) is 2. The third-order valence-corrected chi connectivity index (χ3v) is 3.23. The molecule has 1 aliphatic heterocycles. The number of rotatable bonds is 5. The third-order valence-electron chi connectivity index (χ3n) is 3.23. The van der Waals surface area contributed by atoms with E-state index in [0.717, 1.165) is 6.42 Å². The molecule has 1 saturated heterocycles. The molecular weight excluding hydrogens is 224 g/mol. The van der Waals surface area contributed by atoms with Crippen LogP contribution in [0.1, 0.15) is 33.1 Å². The molecule has 6 nitrogen and oxygen atoms in total. The second-order valence-corrected chi connectivity index (χ2v) is 4.25. The lowest BCUT2D eigenvalue weighted by Gasteiger charge is -2.28. The first kappa shape index (κ1) is 13.8. The van der Waals surface area contributed by atoms with Gasteiger partial charge in [0, 0.05) is 6.61 Å². The van der Waals surface area contributed by atoms with Crippen LogP contribution in [0.3, 0.4) is 0 Å². The van der Waals surface area contributed by atoms with Gasteiger partial charge in [0.05, 0.1) is 12.6 Å². The maximum atomic E-state index is 11.7. The van der Waals surface area contributed by atoms with Gasteiger partial charge in [-0.2, -0.15) is 0 Å². The van der Waals surface area contributed by atoms with Crippen LogP contribution in [0.25, 0.3) is 0 Å². The first-order valence-corrected chi connectivity index (χ1v) is 5.94. The average molecular weight is 244 g/mol. The van der Waals surface area contributed by atoms with Crippen LogP contribution in [0.15, 0.2) is 0 Å². The van der Waals surface area contributed by atoms with Gasteiger partial charge in [-0.15, -0.1) is 0 Å². The minimum Gasteiger partial charge on any atom is -0.480 e. The maximum Gasteiger partial charge on any atom is 0.329 e. The summed E-state index contributed by atoms with van der Waals surface area (Å²) in [4.78, 5) is 22.9. The predicted molar refractivity (Wildman–Crippen MR) is 61.8 cm³/mol. The Morgan fingerprint density at radius 1 is 1.41 bits per heavy atom. The highest BCUT2D eigenvalue weighted by Gasteiger charge is 2.36. The van der Waals surface area contributed by atoms with Crippen LogP contribution in [-0.2, 0) is 9.53 Å². The van der Waals surface area contributed by atoms with Gasteiger partial charge in [0.25, 0.3) is 0 Å². The quantitative estimate of drug-likeness (QED) is 0.665. The van der Waals surface area contributed by atoms with Gasteiger partial charge in [-0.1, -0.05) is 13.8 Å². The van der Waals surface area contributed by atoms with Crippen molar-refractivity contribution in [3.63, 3.8) is 0 Å². The van der Waals surface area contributed by atoms with Crippen LogP contribution in [0.2, 0.25) is 0 Å². The lowest BCUT2D eigenvalue weighted by Crippen LogP contribution is -2.57. The first-order chi connectivity index (χ1) is 8.04. The van der Waals surface area contributed by atoms with Gasteiger partial charge in [-0.05, 0) is 19.3 Å². The zero-order valence-electron chi connectivity index (χ0n) is 10.3. The van der Waals surface area contributed by atoms with Gasteiger partial charge in [0.1, 0.15) is 5.54 Å². The standard InChI is InChI=1S/C11H20N2O4/c1-3-11(4-2,9(14)15)13-10(16)12-8-5-6-17-7-8/h8H,3-7H2,1-2H3,(H,14,15)(H2,12,13,16). The van der Waals surface area contributed by atoms with E-state index < -0.39 is 17.5 Å².